The zero-order valence-electron chi connectivity index (χ0n) is 21.1. The minimum absolute atomic E-state index is 0.0121. The fourth-order valence-corrected chi connectivity index (χ4v) is 5.79. The van der Waals surface area contributed by atoms with Crippen LogP contribution in [0, 0.1) is 17.6 Å². The molecule has 3 fully saturated rings. The summed E-state index contributed by atoms with van der Waals surface area (Å²) < 4.78 is 38.1. The molecule has 0 bridgehead atoms. The van der Waals surface area contributed by atoms with Gasteiger partial charge in [0.25, 0.3) is 5.91 Å². The molecule has 0 radical (unpaired) electrons. The molecule has 1 aromatic carbocycles. The third kappa shape index (κ3) is 5.85. The molecule has 5 rings (SSSR count). The molecule has 2 aliphatic heterocycles. The van der Waals surface area contributed by atoms with E-state index >= 15 is 0 Å². The Morgan fingerprint density at radius 3 is 2.68 bits per heavy atom. The molecule has 3 aliphatic rings. The minimum atomic E-state index is -0.806. The van der Waals surface area contributed by atoms with E-state index in [0.29, 0.717) is 32.2 Å². The third-order valence-electron chi connectivity index (χ3n) is 7.97. The lowest BCUT2D eigenvalue weighted by atomic mass is 9.86. The summed E-state index contributed by atoms with van der Waals surface area (Å²) in [6.45, 7) is 4.43. The predicted octanol–water partition coefficient (Wildman–Crippen LogP) is 3.67. The molecule has 2 N–H and O–H groups in total. The van der Waals surface area contributed by atoms with E-state index in [2.05, 4.69) is 20.7 Å². The van der Waals surface area contributed by atoms with Crippen LogP contribution >= 0.6 is 0 Å². The summed E-state index contributed by atoms with van der Waals surface area (Å²) in [5.41, 5.74) is -0.430. The molecule has 2 amide bonds. The molecule has 3 atom stereocenters. The van der Waals surface area contributed by atoms with Crippen LogP contribution in [0.1, 0.15) is 62.4 Å². The van der Waals surface area contributed by atoms with Crippen molar-refractivity contribution in [3.05, 3.63) is 41.6 Å². The molecule has 1 aromatic heterocycles. The Labute approximate surface area is 215 Å². The van der Waals surface area contributed by atoms with Crippen LogP contribution in [0.4, 0.5) is 8.78 Å². The molecule has 1 aliphatic carbocycles. The molecule has 37 heavy (non-hydrogen) atoms. The lowest BCUT2D eigenvalue weighted by Crippen LogP contribution is -2.60. The number of piperidine rings is 1. The lowest BCUT2D eigenvalue weighted by molar-refractivity contribution is -0.130. The summed E-state index contributed by atoms with van der Waals surface area (Å²) in [6.07, 6.45) is 7.32. The number of hydrogen-bond acceptors (Lipinski definition) is 6. The first-order valence-electron chi connectivity index (χ1n) is 13.2. The Bertz CT molecular complexity index is 1130. The molecule has 200 valence electrons. The van der Waals surface area contributed by atoms with Crippen LogP contribution in [0.15, 0.2) is 28.8 Å². The molecule has 1 saturated carbocycles. The van der Waals surface area contributed by atoms with Crippen molar-refractivity contribution in [1.82, 2.24) is 20.7 Å². The van der Waals surface area contributed by atoms with E-state index in [1.54, 1.807) is 0 Å². The number of carbonyl (C=O) groups is 2. The van der Waals surface area contributed by atoms with Gasteiger partial charge >= 0.3 is 0 Å². The third-order valence-corrected chi connectivity index (χ3v) is 7.97. The van der Waals surface area contributed by atoms with Gasteiger partial charge in [0, 0.05) is 43.9 Å². The Morgan fingerprint density at radius 1 is 1.14 bits per heavy atom. The van der Waals surface area contributed by atoms with Crippen LogP contribution in [-0.2, 0) is 9.53 Å². The first kappa shape index (κ1) is 25.8. The summed E-state index contributed by atoms with van der Waals surface area (Å²) in [6, 6.07) is 4.50. The summed E-state index contributed by atoms with van der Waals surface area (Å²) >= 11 is 0. The standard InChI is InChI=1S/C27H34F2N4O4/c1-27(10-12-36-16-27)31-25(34)20-15-33(18-5-3-2-4-6-18)11-9-22(20)30-26(35)23-14-24(37-32-23)19-8-7-17(28)13-21(19)29/h7-8,13-14,18,20,22H,2-6,9-12,15-16H2,1H3,(H,30,35)(H,31,34)/t20-,22-,27?/m1/s1. The van der Waals surface area contributed by atoms with Gasteiger partial charge in [-0.2, -0.15) is 0 Å². The largest absolute Gasteiger partial charge is 0.379 e. The Morgan fingerprint density at radius 2 is 1.95 bits per heavy atom. The van der Waals surface area contributed by atoms with Gasteiger partial charge in [0.2, 0.25) is 5.91 Å². The normalized spacial score (nSPS) is 27.2. The predicted molar refractivity (Wildman–Crippen MR) is 132 cm³/mol. The monoisotopic (exact) mass is 516 g/mol. The number of halogens is 2. The van der Waals surface area contributed by atoms with Crippen molar-refractivity contribution >= 4 is 11.8 Å². The van der Waals surface area contributed by atoms with Crippen LogP contribution in [0.2, 0.25) is 0 Å². The first-order chi connectivity index (χ1) is 17.8. The van der Waals surface area contributed by atoms with Crippen molar-refractivity contribution in [1.29, 1.82) is 0 Å². The zero-order chi connectivity index (χ0) is 26.0. The molecule has 3 heterocycles. The van der Waals surface area contributed by atoms with Gasteiger partial charge in [0.05, 0.1) is 23.6 Å². The number of likely N-dealkylation sites (tertiary alicyclic amines) is 1. The second-order valence-electron chi connectivity index (χ2n) is 10.8. The quantitative estimate of drug-likeness (QED) is 0.608. The number of rotatable bonds is 6. The number of benzene rings is 1. The van der Waals surface area contributed by atoms with Crippen molar-refractivity contribution in [3.63, 3.8) is 0 Å². The van der Waals surface area contributed by atoms with Crippen molar-refractivity contribution in [3.8, 4) is 11.3 Å². The lowest BCUT2D eigenvalue weighted by Gasteiger charge is -2.43. The van der Waals surface area contributed by atoms with E-state index in [1.807, 2.05) is 6.92 Å². The molecular weight excluding hydrogens is 482 g/mol. The highest BCUT2D eigenvalue weighted by molar-refractivity contribution is 5.94. The molecular formula is C27H34F2N4O4. The van der Waals surface area contributed by atoms with Crippen molar-refractivity contribution < 1.29 is 27.6 Å². The van der Waals surface area contributed by atoms with Gasteiger partial charge in [0.15, 0.2) is 11.5 Å². The highest BCUT2D eigenvalue weighted by Crippen LogP contribution is 2.29. The molecule has 1 unspecified atom stereocenters. The SMILES string of the molecule is CC1(NC(=O)[C@@H]2CN(C3CCCCC3)CC[C@H]2NC(=O)c2cc(-c3ccc(F)cc3F)on2)CCOC1. The molecule has 0 spiro atoms. The Hall–Kier alpha value is -2.85. The van der Waals surface area contributed by atoms with E-state index in [4.69, 9.17) is 9.26 Å². The maximum atomic E-state index is 14.2. The number of nitrogens with one attached hydrogen (secondary N) is 2. The smallest absolute Gasteiger partial charge is 0.273 e. The Balaban J connectivity index is 1.30. The number of aromatic nitrogens is 1. The average molecular weight is 517 g/mol. The van der Waals surface area contributed by atoms with Crippen molar-refractivity contribution in [2.45, 2.75) is 69.5 Å². The fourth-order valence-electron chi connectivity index (χ4n) is 5.79. The second-order valence-corrected chi connectivity index (χ2v) is 10.8. The van der Waals surface area contributed by atoms with Crippen LogP contribution in [0.3, 0.4) is 0 Å². The maximum absolute atomic E-state index is 14.2. The van der Waals surface area contributed by atoms with Gasteiger partial charge in [-0.15, -0.1) is 0 Å². The van der Waals surface area contributed by atoms with Gasteiger partial charge in [-0.3, -0.25) is 14.5 Å². The summed E-state index contributed by atoms with van der Waals surface area (Å²) in [7, 11) is 0. The highest BCUT2D eigenvalue weighted by atomic mass is 19.1. The number of hydrogen-bond donors (Lipinski definition) is 2. The molecule has 10 heteroatoms. The number of ether oxygens (including phenoxy) is 1. The van der Waals surface area contributed by atoms with Crippen molar-refractivity contribution in [2.24, 2.45) is 5.92 Å². The van der Waals surface area contributed by atoms with Crippen molar-refractivity contribution in [2.75, 3.05) is 26.3 Å². The first-order valence-corrected chi connectivity index (χ1v) is 13.2. The molecule has 2 saturated heterocycles. The maximum Gasteiger partial charge on any atom is 0.273 e. The molecule has 2 aromatic rings. The van der Waals surface area contributed by atoms with Gasteiger partial charge < -0.3 is 19.9 Å². The van der Waals surface area contributed by atoms with E-state index in [-0.39, 0.29) is 29.0 Å². The number of carbonyl (C=O) groups excluding carboxylic acids is 2. The second kappa shape index (κ2) is 10.9. The van der Waals surface area contributed by atoms with Crippen LogP contribution in [0.5, 0.6) is 0 Å². The van der Waals surface area contributed by atoms with Gasteiger partial charge in [0.1, 0.15) is 11.6 Å². The van der Waals surface area contributed by atoms with Gasteiger partial charge in [-0.05, 0) is 44.7 Å². The number of nitrogens with zero attached hydrogens (tertiary/aromatic N) is 2. The zero-order valence-corrected chi connectivity index (χ0v) is 21.1. The highest BCUT2D eigenvalue weighted by Gasteiger charge is 2.41. The Kier molecular flexibility index (Phi) is 7.57. The average Bonchev–Trinajstić information content (AvgIpc) is 3.54. The van der Waals surface area contributed by atoms with E-state index in [0.717, 1.165) is 37.9 Å². The summed E-state index contributed by atoms with van der Waals surface area (Å²) in [4.78, 5) is 29.0. The van der Waals surface area contributed by atoms with Crippen LogP contribution in [0.25, 0.3) is 11.3 Å². The van der Waals surface area contributed by atoms with E-state index in [9.17, 15) is 18.4 Å². The minimum Gasteiger partial charge on any atom is -0.379 e. The summed E-state index contributed by atoms with van der Waals surface area (Å²) in [5.74, 6) is -2.51. The van der Waals surface area contributed by atoms with E-state index < -0.39 is 29.0 Å². The number of amides is 2. The van der Waals surface area contributed by atoms with Crippen LogP contribution in [-0.4, -0.2) is 65.8 Å². The molecule has 8 nitrogen and oxygen atoms in total. The summed E-state index contributed by atoms with van der Waals surface area (Å²) in [5, 5.41) is 9.96. The van der Waals surface area contributed by atoms with Gasteiger partial charge in [-0.1, -0.05) is 24.4 Å². The van der Waals surface area contributed by atoms with Crippen LogP contribution < -0.4 is 10.6 Å². The van der Waals surface area contributed by atoms with Gasteiger partial charge in [-0.25, -0.2) is 8.78 Å². The fraction of sp³-hybridized carbons (Fsp3) is 0.593. The van der Waals surface area contributed by atoms with E-state index in [1.165, 1.54) is 31.4 Å². The topological polar surface area (TPSA) is 96.7 Å².